The van der Waals surface area contributed by atoms with Crippen molar-refractivity contribution in [3.8, 4) is 0 Å². The van der Waals surface area contributed by atoms with Gasteiger partial charge in [0.2, 0.25) is 11.8 Å². The summed E-state index contributed by atoms with van der Waals surface area (Å²) in [5, 5.41) is 8.11. The first kappa shape index (κ1) is 15.4. The number of aromatic nitrogens is 3. The van der Waals surface area contributed by atoms with Crippen molar-refractivity contribution in [1.82, 2.24) is 20.2 Å². The number of carbonyl (C=O) groups excluding carboxylic acids is 1. The molecule has 1 saturated carbocycles. The van der Waals surface area contributed by atoms with Crippen LogP contribution in [-0.2, 0) is 4.79 Å². The van der Waals surface area contributed by atoms with E-state index in [0.717, 1.165) is 49.4 Å². The Kier molecular flexibility index (Phi) is 3.66. The SMILES string of the molecule is Cc1noc(C)c1[C@H](C)C(=O)N1CCC[C@@H]1c1noc(C2CC2)n1. The maximum atomic E-state index is 13.1. The van der Waals surface area contributed by atoms with E-state index in [1.54, 1.807) is 0 Å². The fourth-order valence-corrected chi connectivity index (χ4v) is 3.66. The second-order valence-electron chi connectivity index (χ2n) is 6.91. The van der Waals surface area contributed by atoms with Crippen LogP contribution in [0.5, 0.6) is 0 Å². The molecule has 2 aliphatic rings. The summed E-state index contributed by atoms with van der Waals surface area (Å²) in [6.07, 6.45) is 4.08. The van der Waals surface area contributed by atoms with Crippen molar-refractivity contribution >= 4 is 5.91 Å². The van der Waals surface area contributed by atoms with Gasteiger partial charge in [-0.1, -0.05) is 10.3 Å². The van der Waals surface area contributed by atoms with Crippen molar-refractivity contribution in [1.29, 1.82) is 0 Å². The zero-order valence-electron chi connectivity index (χ0n) is 14.3. The Morgan fingerprint density at radius 1 is 1.21 bits per heavy atom. The van der Waals surface area contributed by atoms with Gasteiger partial charge in [0.15, 0.2) is 5.82 Å². The third-order valence-electron chi connectivity index (χ3n) is 5.11. The molecule has 3 heterocycles. The van der Waals surface area contributed by atoms with E-state index < -0.39 is 0 Å². The van der Waals surface area contributed by atoms with Gasteiger partial charge in [-0.2, -0.15) is 4.98 Å². The Labute approximate surface area is 140 Å². The maximum absolute atomic E-state index is 13.1. The summed E-state index contributed by atoms with van der Waals surface area (Å²) in [7, 11) is 0. The minimum Gasteiger partial charge on any atom is -0.361 e. The van der Waals surface area contributed by atoms with Crippen molar-refractivity contribution in [2.45, 2.75) is 64.3 Å². The first-order chi connectivity index (χ1) is 11.6. The molecule has 1 amide bonds. The lowest BCUT2D eigenvalue weighted by Gasteiger charge is -2.25. The lowest BCUT2D eigenvalue weighted by Crippen LogP contribution is -2.34. The highest BCUT2D eigenvalue weighted by atomic mass is 16.5. The van der Waals surface area contributed by atoms with Gasteiger partial charge < -0.3 is 13.9 Å². The zero-order valence-corrected chi connectivity index (χ0v) is 14.3. The number of aryl methyl sites for hydroxylation is 2. The van der Waals surface area contributed by atoms with E-state index in [9.17, 15) is 4.79 Å². The van der Waals surface area contributed by atoms with E-state index in [-0.39, 0.29) is 17.9 Å². The van der Waals surface area contributed by atoms with Crippen LogP contribution in [0.1, 0.15) is 79.2 Å². The van der Waals surface area contributed by atoms with Gasteiger partial charge in [0, 0.05) is 18.0 Å². The van der Waals surface area contributed by atoms with Crippen LogP contribution in [0.3, 0.4) is 0 Å². The molecule has 7 heteroatoms. The van der Waals surface area contributed by atoms with Crippen molar-refractivity contribution in [2.75, 3.05) is 6.54 Å². The fraction of sp³-hybridized carbons (Fsp3) is 0.647. The van der Waals surface area contributed by atoms with Crippen LogP contribution in [0.4, 0.5) is 0 Å². The average Bonchev–Trinajstić information content (AvgIpc) is 2.99. The summed E-state index contributed by atoms with van der Waals surface area (Å²) in [5.41, 5.74) is 1.66. The molecule has 0 bridgehead atoms. The lowest BCUT2D eigenvalue weighted by atomic mass is 9.97. The topological polar surface area (TPSA) is 85.3 Å². The monoisotopic (exact) mass is 330 g/mol. The first-order valence-corrected chi connectivity index (χ1v) is 8.63. The Morgan fingerprint density at radius 2 is 2.00 bits per heavy atom. The molecule has 128 valence electrons. The Balaban J connectivity index is 1.56. The molecule has 1 saturated heterocycles. The summed E-state index contributed by atoms with van der Waals surface area (Å²) in [6.45, 7) is 6.36. The molecule has 2 aromatic heterocycles. The van der Waals surface area contributed by atoms with Crippen molar-refractivity contribution in [2.24, 2.45) is 0 Å². The van der Waals surface area contributed by atoms with Gasteiger partial charge in [-0.15, -0.1) is 0 Å². The number of likely N-dealkylation sites (tertiary alicyclic amines) is 1. The van der Waals surface area contributed by atoms with Gasteiger partial charge in [-0.25, -0.2) is 0 Å². The highest BCUT2D eigenvalue weighted by Crippen LogP contribution is 2.40. The molecular formula is C17H22N4O3. The number of hydrogen-bond acceptors (Lipinski definition) is 6. The minimum atomic E-state index is -0.286. The molecule has 1 aliphatic heterocycles. The van der Waals surface area contributed by atoms with Crippen LogP contribution in [0.25, 0.3) is 0 Å². The second-order valence-corrected chi connectivity index (χ2v) is 6.91. The zero-order chi connectivity index (χ0) is 16.8. The highest BCUT2D eigenvalue weighted by molar-refractivity contribution is 5.84. The normalized spacial score (nSPS) is 22.1. The number of amides is 1. The Bertz CT molecular complexity index is 742. The van der Waals surface area contributed by atoms with Crippen LogP contribution < -0.4 is 0 Å². The second kappa shape index (κ2) is 5.72. The van der Waals surface area contributed by atoms with E-state index in [4.69, 9.17) is 9.05 Å². The van der Waals surface area contributed by atoms with Crippen LogP contribution in [-0.4, -0.2) is 32.6 Å². The molecule has 2 atom stereocenters. The number of rotatable bonds is 4. The van der Waals surface area contributed by atoms with Gasteiger partial charge in [-0.3, -0.25) is 4.79 Å². The predicted molar refractivity (Wildman–Crippen MR) is 84.4 cm³/mol. The molecule has 0 spiro atoms. The molecule has 2 fully saturated rings. The summed E-state index contributed by atoms with van der Waals surface area (Å²) in [4.78, 5) is 19.5. The predicted octanol–water partition coefficient (Wildman–Crippen LogP) is 3.02. The van der Waals surface area contributed by atoms with Crippen LogP contribution in [0, 0.1) is 13.8 Å². The average molecular weight is 330 g/mol. The highest BCUT2D eigenvalue weighted by Gasteiger charge is 2.38. The minimum absolute atomic E-state index is 0.0738. The van der Waals surface area contributed by atoms with Gasteiger partial charge in [0.25, 0.3) is 0 Å². The van der Waals surface area contributed by atoms with Crippen molar-refractivity contribution in [3.05, 3.63) is 28.7 Å². The van der Waals surface area contributed by atoms with E-state index in [1.807, 2.05) is 25.7 Å². The number of carbonyl (C=O) groups is 1. The summed E-state index contributed by atoms with van der Waals surface area (Å²) < 4.78 is 10.6. The van der Waals surface area contributed by atoms with Gasteiger partial charge >= 0.3 is 0 Å². The molecule has 24 heavy (non-hydrogen) atoms. The fourth-order valence-electron chi connectivity index (χ4n) is 3.66. The van der Waals surface area contributed by atoms with Gasteiger partial charge in [-0.05, 0) is 46.5 Å². The third-order valence-corrected chi connectivity index (χ3v) is 5.11. The summed E-state index contributed by atoms with van der Waals surface area (Å²) in [6, 6.07) is -0.0864. The first-order valence-electron chi connectivity index (χ1n) is 8.63. The molecule has 0 radical (unpaired) electrons. The van der Waals surface area contributed by atoms with E-state index in [1.165, 1.54) is 0 Å². The van der Waals surface area contributed by atoms with E-state index >= 15 is 0 Å². The lowest BCUT2D eigenvalue weighted by molar-refractivity contribution is -0.133. The standard InChI is InChI=1S/C17H22N4O3/c1-9(14-10(2)19-23-11(14)3)17(22)21-8-4-5-13(21)15-18-16(24-20-15)12-6-7-12/h9,12-13H,4-8H2,1-3H3/t9-,13+/m0/s1. The molecule has 0 aromatic carbocycles. The molecule has 1 aliphatic carbocycles. The van der Waals surface area contributed by atoms with Crippen LogP contribution >= 0.6 is 0 Å². The number of hydrogen-bond donors (Lipinski definition) is 0. The molecular weight excluding hydrogens is 308 g/mol. The molecule has 0 N–H and O–H groups in total. The van der Waals surface area contributed by atoms with Crippen molar-refractivity contribution in [3.63, 3.8) is 0 Å². The van der Waals surface area contributed by atoms with E-state index in [0.29, 0.717) is 17.5 Å². The number of nitrogens with zero attached hydrogens (tertiary/aromatic N) is 4. The largest absolute Gasteiger partial charge is 0.361 e. The molecule has 2 aromatic rings. The van der Waals surface area contributed by atoms with E-state index in [2.05, 4.69) is 15.3 Å². The molecule has 4 rings (SSSR count). The van der Waals surface area contributed by atoms with Crippen molar-refractivity contribution < 1.29 is 13.8 Å². The summed E-state index contributed by atoms with van der Waals surface area (Å²) in [5.74, 6) is 2.30. The maximum Gasteiger partial charge on any atom is 0.230 e. The third kappa shape index (κ3) is 2.52. The Hall–Kier alpha value is -2.18. The summed E-state index contributed by atoms with van der Waals surface area (Å²) >= 11 is 0. The quantitative estimate of drug-likeness (QED) is 0.856. The van der Waals surface area contributed by atoms with Crippen LogP contribution in [0.15, 0.2) is 9.05 Å². The Morgan fingerprint density at radius 3 is 2.67 bits per heavy atom. The van der Waals surface area contributed by atoms with Gasteiger partial charge in [0.1, 0.15) is 5.76 Å². The van der Waals surface area contributed by atoms with Crippen LogP contribution in [0.2, 0.25) is 0 Å². The van der Waals surface area contributed by atoms with Gasteiger partial charge in [0.05, 0.1) is 17.7 Å². The molecule has 0 unspecified atom stereocenters. The smallest absolute Gasteiger partial charge is 0.230 e. The molecule has 7 nitrogen and oxygen atoms in total.